The largest absolute Gasteiger partial charge is 0.322 e. The van der Waals surface area contributed by atoms with Gasteiger partial charge in [-0.05, 0) is 63.9 Å². The second kappa shape index (κ2) is 7.49. The number of likely N-dealkylation sites (N-methyl/N-ethyl adjacent to an activating group) is 1. The van der Waals surface area contributed by atoms with Crippen LogP contribution >= 0.6 is 0 Å². The first-order chi connectivity index (χ1) is 11.5. The standard InChI is InChI=1S/C20H29N3O/c1-15-7-8-19-17(12-15)13-18(20(24)21-19)14-22(3)10-11-23-9-5-4-6-16(23)2/h7-8,12-13,16H,4-6,9-11,14H2,1-3H3,(H,21,24)/t16-/m1/s1. The van der Waals surface area contributed by atoms with Crippen molar-refractivity contribution >= 4 is 10.9 Å². The van der Waals surface area contributed by atoms with Gasteiger partial charge in [0.15, 0.2) is 0 Å². The highest BCUT2D eigenvalue weighted by molar-refractivity contribution is 5.79. The van der Waals surface area contributed by atoms with Gasteiger partial charge in [0.1, 0.15) is 0 Å². The molecular formula is C20H29N3O. The Morgan fingerprint density at radius 1 is 1.29 bits per heavy atom. The highest BCUT2D eigenvalue weighted by Gasteiger charge is 2.18. The van der Waals surface area contributed by atoms with Crippen LogP contribution in [-0.4, -0.2) is 47.5 Å². The third kappa shape index (κ3) is 4.05. The van der Waals surface area contributed by atoms with E-state index in [4.69, 9.17) is 0 Å². The lowest BCUT2D eigenvalue weighted by molar-refractivity contribution is 0.141. The molecule has 1 aromatic carbocycles. The molecule has 1 saturated heterocycles. The average Bonchev–Trinajstić information content (AvgIpc) is 2.55. The van der Waals surface area contributed by atoms with Crippen LogP contribution in [0, 0.1) is 6.92 Å². The smallest absolute Gasteiger partial charge is 0.252 e. The molecule has 1 atom stereocenters. The highest BCUT2D eigenvalue weighted by atomic mass is 16.1. The third-order valence-corrected chi connectivity index (χ3v) is 5.23. The molecule has 1 aromatic heterocycles. The Balaban J connectivity index is 1.65. The number of hydrogen-bond donors (Lipinski definition) is 1. The number of rotatable bonds is 5. The number of H-pyrrole nitrogens is 1. The van der Waals surface area contributed by atoms with Gasteiger partial charge in [0, 0.05) is 36.8 Å². The van der Waals surface area contributed by atoms with E-state index in [1.807, 2.05) is 18.2 Å². The van der Waals surface area contributed by atoms with Crippen molar-refractivity contribution in [1.29, 1.82) is 0 Å². The van der Waals surface area contributed by atoms with Crippen molar-refractivity contribution in [1.82, 2.24) is 14.8 Å². The molecule has 0 unspecified atom stereocenters. The van der Waals surface area contributed by atoms with Gasteiger partial charge in [-0.1, -0.05) is 18.1 Å². The molecule has 0 radical (unpaired) electrons. The molecule has 1 fully saturated rings. The number of aromatic amines is 1. The van der Waals surface area contributed by atoms with E-state index in [2.05, 4.69) is 41.7 Å². The normalized spacial score (nSPS) is 19.2. The number of fused-ring (bicyclic) bond motifs is 1. The van der Waals surface area contributed by atoms with Crippen LogP contribution in [0.15, 0.2) is 29.1 Å². The van der Waals surface area contributed by atoms with Gasteiger partial charge < -0.3 is 9.88 Å². The molecule has 130 valence electrons. The summed E-state index contributed by atoms with van der Waals surface area (Å²) >= 11 is 0. The fourth-order valence-corrected chi connectivity index (χ4v) is 3.65. The maximum absolute atomic E-state index is 12.3. The van der Waals surface area contributed by atoms with Crippen LogP contribution in [0.5, 0.6) is 0 Å². The number of piperidine rings is 1. The molecule has 1 aliphatic heterocycles. The Kier molecular flexibility index (Phi) is 5.36. The molecule has 4 nitrogen and oxygen atoms in total. The Labute approximate surface area is 144 Å². The lowest BCUT2D eigenvalue weighted by Crippen LogP contribution is -2.41. The number of benzene rings is 1. The topological polar surface area (TPSA) is 39.3 Å². The van der Waals surface area contributed by atoms with E-state index in [1.54, 1.807) is 0 Å². The summed E-state index contributed by atoms with van der Waals surface area (Å²) in [6, 6.07) is 8.88. The predicted octanol–water partition coefficient (Wildman–Crippen LogP) is 3.14. The van der Waals surface area contributed by atoms with Crippen LogP contribution in [0.2, 0.25) is 0 Å². The van der Waals surface area contributed by atoms with Crippen LogP contribution in [0.1, 0.15) is 37.3 Å². The number of hydrogen-bond acceptors (Lipinski definition) is 3. The molecule has 0 aliphatic carbocycles. The lowest BCUT2D eigenvalue weighted by Gasteiger charge is -2.34. The van der Waals surface area contributed by atoms with Crippen molar-refractivity contribution in [3.8, 4) is 0 Å². The number of pyridine rings is 1. The molecule has 3 rings (SSSR count). The number of likely N-dealkylation sites (tertiary alicyclic amines) is 1. The summed E-state index contributed by atoms with van der Waals surface area (Å²) in [4.78, 5) is 20.2. The van der Waals surface area contributed by atoms with E-state index in [0.29, 0.717) is 12.6 Å². The van der Waals surface area contributed by atoms with Crippen molar-refractivity contribution in [3.05, 3.63) is 45.7 Å². The molecule has 1 N–H and O–H groups in total. The van der Waals surface area contributed by atoms with Crippen molar-refractivity contribution in [2.24, 2.45) is 0 Å². The number of aromatic nitrogens is 1. The Morgan fingerprint density at radius 2 is 2.12 bits per heavy atom. The second-order valence-electron chi connectivity index (χ2n) is 7.33. The summed E-state index contributed by atoms with van der Waals surface area (Å²) in [5.74, 6) is 0. The molecule has 0 bridgehead atoms. The van der Waals surface area contributed by atoms with Crippen molar-refractivity contribution in [3.63, 3.8) is 0 Å². The first-order valence-electron chi connectivity index (χ1n) is 9.08. The average molecular weight is 327 g/mol. The van der Waals surface area contributed by atoms with E-state index in [1.165, 1.54) is 31.4 Å². The minimum absolute atomic E-state index is 0.0320. The lowest BCUT2D eigenvalue weighted by atomic mass is 10.0. The van der Waals surface area contributed by atoms with Crippen LogP contribution in [0.4, 0.5) is 0 Å². The number of aryl methyl sites for hydroxylation is 1. The van der Waals surface area contributed by atoms with E-state index >= 15 is 0 Å². The van der Waals surface area contributed by atoms with Crippen molar-refractivity contribution < 1.29 is 0 Å². The molecule has 1 aliphatic rings. The fourth-order valence-electron chi connectivity index (χ4n) is 3.65. The van der Waals surface area contributed by atoms with Gasteiger partial charge in [-0.2, -0.15) is 0 Å². The van der Waals surface area contributed by atoms with E-state index in [-0.39, 0.29) is 5.56 Å². The first-order valence-corrected chi connectivity index (χ1v) is 9.08. The van der Waals surface area contributed by atoms with Crippen LogP contribution in [0.3, 0.4) is 0 Å². The van der Waals surface area contributed by atoms with Gasteiger partial charge in [0.25, 0.3) is 5.56 Å². The fraction of sp³-hybridized carbons (Fsp3) is 0.550. The first kappa shape index (κ1) is 17.2. The summed E-state index contributed by atoms with van der Waals surface area (Å²) in [6.07, 6.45) is 3.99. The Hall–Kier alpha value is -1.65. The minimum Gasteiger partial charge on any atom is -0.322 e. The quantitative estimate of drug-likeness (QED) is 0.917. The number of nitrogens with zero attached hydrogens (tertiary/aromatic N) is 2. The van der Waals surface area contributed by atoms with Gasteiger partial charge in [-0.3, -0.25) is 9.69 Å². The Morgan fingerprint density at radius 3 is 2.92 bits per heavy atom. The molecule has 2 heterocycles. The molecular weight excluding hydrogens is 298 g/mol. The Bertz CT molecular complexity index is 752. The molecule has 0 amide bonds. The summed E-state index contributed by atoms with van der Waals surface area (Å²) in [6.45, 7) is 8.40. The minimum atomic E-state index is 0.0320. The maximum atomic E-state index is 12.3. The summed E-state index contributed by atoms with van der Waals surface area (Å²) in [5, 5.41) is 1.11. The van der Waals surface area contributed by atoms with Crippen molar-refractivity contribution in [2.75, 3.05) is 26.7 Å². The number of nitrogens with one attached hydrogen (secondary N) is 1. The van der Waals surface area contributed by atoms with Crippen molar-refractivity contribution in [2.45, 2.75) is 45.7 Å². The van der Waals surface area contributed by atoms with E-state index in [0.717, 1.165) is 29.6 Å². The zero-order valence-corrected chi connectivity index (χ0v) is 15.1. The molecule has 2 aromatic rings. The molecule has 4 heteroatoms. The van der Waals surface area contributed by atoms with Gasteiger partial charge in [0.05, 0.1) is 0 Å². The van der Waals surface area contributed by atoms with Gasteiger partial charge in [0.2, 0.25) is 0 Å². The van der Waals surface area contributed by atoms with E-state index in [9.17, 15) is 4.79 Å². The summed E-state index contributed by atoms with van der Waals surface area (Å²) in [5.41, 5.74) is 3.01. The van der Waals surface area contributed by atoms with Gasteiger partial charge in [-0.15, -0.1) is 0 Å². The van der Waals surface area contributed by atoms with Crippen LogP contribution in [-0.2, 0) is 6.54 Å². The highest BCUT2D eigenvalue weighted by Crippen LogP contribution is 2.16. The second-order valence-corrected chi connectivity index (χ2v) is 7.33. The SMILES string of the molecule is Cc1ccc2[nH]c(=O)c(CN(C)CCN3CCCC[C@H]3C)cc2c1. The molecule has 0 spiro atoms. The van der Waals surface area contributed by atoms with Gasteiger partial charge in [-0.25, -0.2) is 0 Å². The maximum Gasteiger partial charge on any atom is 0.252 e. The zero-order chi connectivity index (χ0) is 17.1. The van der Waals surface area contributed by atoms with Crippen LogP contribution < -0.4 is 5.56 Å². The third-order valence-electron chi connectivity index (χ3n) is 5.23. The predicted molar refractivity (Wildman–Crippen MR) is 101 cm³/mol. The van der Waals surface area contributed by atoms with Gasteiger partial charge >= 0.3 is 0 Å². The monoisotopic (exact) mass is 327 g/mol. The molecule has 0 saturated carbocycles. The van der Waals surface area contributed by atoms with E-state index < -0.39 is 0 Å². The van der Waals surface area contributed by atoms with Crippen LogP contribution in [0.25, 0.3) is 10.9 Å². The zero-order valence-electron chi connectivity index (χ0n) is 15.1. The molecule has 24 heavy (non-hydrogen) atoms. The summed E-state index contributed by atoms with van der Waals surface area (Å²) < 4.78 is 0. The summed E-state index contributed by atoms with van der Waals surface area (Å²) in [7, 11) is 2.11.